The molecule has 0 saturated heterocycles. The summed E-state index contributed by atoms with van der Waals surface area (Å²) < 4.78 is 0. The molecule has 19 heavy (non-hydrogen) atoms. The van der Waals surface area contributed by atoms with Crippen LogP contribution >= 0.6 is 0 Å². The van der Waals surface area contributed by atoms with Crippen LogP contribution in [-0.4, -0.2) is 24.4 Å². The molecule has 0 aromatic carbocycles. The fourth-order valence-corrected chi connectivity index (χ4v) is 2.28. The maximum atomic E-state index is 12.3. The summed E-state index contributed by atoms with van der Waals surface area (Å²) in [6, 6.07) is 0.224. The molecule has 0 radical (unpaired) electrons. The third-order valence-electron chi connectivity index (χ3n) is 3.73. The molecule has 1 rings (SSSR count). The fourth-order valence-electron chi connectivity index (χ4n) is 2.28. The zero-order chi connectivity index (χ0) is 14.3. The maximum absolute atomic E-state index is 12.3. The third kappa shape index (κ3) is 4.69. The van der Waals surface area contributed by atoms with Crippen LogP contribution in [0.2, 0.25) is 0 Å². The average molecular weight is 266 g/mol. The molecule has 1 aliphatic rings. The molecule has 1 fully saturated rings. The summed E-state index contributed by atoms with van der Waals surface area (Å²) in [4.78, 5) is 24.2. The lowest BCUT2D eigenvalue weighted by Gasteiger charge is -2.26. The van der Waals surface area contributed by atoms with Gasteiger partial charge < -0.3 is 10.6 Å². The Balaban J connectivity index is 2.53. The van der Waals surface area contributed by atoms with Gasteiger partial charge >= 0.3 is 0 Å². The monoisotopic (exact) mass is 266 g/mol. The van der Waals surface area contributed by atoms with E-state index in [0.29, 0.717) is 6.54 Å². The van der Waals surface area contributed by atoms with E-state index in [2.05, 4.69) is 17.2 Å². The van der Waals surface area contributed by atoms with E-state index in [1.165, 1.54) is 12.8 Å². The minimum atomic E-state index is -1.03. The topological polar surface area (TPSA) is 58.2 Å². The van der Waals surface area contributed by atoms with Gasteiger partial charge in [-0.2, -0.15) is 0 Å². The highest BCUT2D eigenvalue weighted by Crippen LogP contribution is 2.20. The van der Waals surface area contributed by atoms with Crippen LogP contribution in [0.15, 0.2) is 12.7 Å². The first-order valence-electron chi connectivity index (χ1n) is 7.18. The number of carbonyl (C=O) groups excluding carboxylic acids is 2. The Hall–Kier alpha value is -1.32. The Morgan fingerprint density at radius 3 is 2.26 bits per heavy atom. The second-order valence-corrected chi connectivity index (χ2v) is 5.79. The highest BCUT2D eigenvalue weighted by molar-refractivity contribution is 6.04. The van der Waals surface area contributed by atoms with Gasteiger partial charge in [0.1, 0.15) is 5.41 Å². The van der Waals surface area contributed by atoms with E-state index in [-0.39, 0.29) is 17.9 Å². The van der Waals surface area contributed by atoms with Crippen LogP contribution in [0.25, 0.3) is 0 Å². The number of hydrogen-bond donors (Lipinski definition) is 2. The van der Waals surface area contributed by atoms with Crippen molar-refractivity contribution in [3.63, 3.8) is 0 Å². The third-order valence-corrected chi connectivity index (χ3v) is 3.73. The minimum Gasteiger partial charge on any atom is -0.352 e. The lowest BCUT2D eigenvalue weighted by atomic mass is 9.90. The van der Waals surface area contributed by atoms with E-state index in [1.54, 1.807) is 19.9 Å². The fraction of sp³-hybridized carbons (Fsp3) is 0.733. The van der Waals surface area contributed by atoms with E-state index in [1.807, 2.05) is 0 Å². The highest BCUT2D eigenvalue weighted by Gasteiger charge is 2.36. The molecule has 1 saturated carbocycles. The van der Waals surface area contributed by atoms with Crippen LogP contribution in [0.1, 0.15) is 52.4 Å². The molecular weight excluding hydrogens is 240 g/mol. The predicted octanol–water partition coefficient (Wildman–Crippen LogP) is 2.15. The van der Waals surface area contributed by atoms with Crippen LogP contribution in [0.4, 0.5) is 0 Å². The van der Waals surface area contributed by atoms with Gasteiger partial charge in [0.25, 0.3) is 0 Å². The van der Waals surface area contributed by atoms with Gasteiger partial charge in [-0.25, -0.2) is 0 Å². The van der Waals surface area contributed by atoms with Gasteiger partial charge in [-0.3, -0.25) is 9.59 Å². The Kier molecular flexibility index (Phi) is 6.06. The van der Waals surface area contributed by atoms with Crippen molar-refractivity contribution in [1.29, 1.82) is 0 Å². The largest absolute Gasteiger partial charge is 0.352 e. The van der Waals surface area contributed by atoms with Crippen molar-refractivity contribution in [2.45, 2.75) is 58.4 Å². The summed E-state index contributed by atoms with van der Waals surface area (Å²) in [6.45, 7) is 7.26. The summed E-state index contributed by atoms with van der Waals surface area (Å²) in [7, 11) is 0. The minimum absolute atomic E-state index is 0.180. The van der Waals surface area contributed by atoms with Crippen molar-refractivity contribution < 1.29 is 9.59 Å². The van der Waals surface area contributed by atoms with E-state index in [9.17, 15) is 9.59 Å². The molecule has 0 aliphatic heterocycles. The maximum Gasteiger partial charge on any atom is 0.235 e. The number of rotatable bonds is 5. The van der Waals surface area contributed by atoms with Gasteiger partial charge in [-0.05, 0) is 26.7 Å². The quantitative estimate of drug-likeness (QED) is 0.455. The van der Waals surface area contributed by atoms with Gasteiger partial charge in [0.05, 0.1) is 0 Å². The van der Waals surface area contributed by atoms with Crippen LogP contribution in [0.5, 0.6) is 0 Å². The van der Waals surface area contributed by atoms with Gasteiger partial charge in [0, 0.05) is 12.6 Å². The SMILES string of the molecule is C=CCNC(=O)C(C)(C)C(=O)NC1CCCCCC1. The smallest absolute Gasteiger partial charge is 0.235 e. The molecule has 0 aromatic heterocycles. The summed E-state index contributed by atoms with van der Waals surface area (Å²) in [5, 5.41) is 5.72. The molecule has 0 aromatic rings. The van der Waals surface area contributed by atoms with E-state index >= 15 is 0 Å². The summed E-state index contributed by atoms with van der Waals surface area (Å²) in [6.07, 6.45) is 8.47. The first-order valence-corrected chi connectivity index (χ1v) is 7.18. The molecule has 4 nitrogen and oxygen atoms in total. The lowest BCUT2D eigenvalue weighted by molar-refractivity contribution is -0.141. The Bertz CT molecular complexity index is 329. The molecule has 0 spiro atoms. The van der Waals surface area contributed by atoms with Gasteiger partial charge in [0.15, 0.2) is 0 Å². The van der Waals surface area contributed by atoms with Crippen molar-refractivity contribution in [3.8, 4) is 0 Å². The van der Waals surface area contributed by atoms with Crippen molar-refractivity contribution in [3.05, 3.63) is 12.7 Å². The van der Waals surface area contributed by atoms with Gasteiger partial charge in [0.2, 0.25) is 11.8 Å². The van der Waals surface area contributed by atoms with Crippen LogP contribution in [-0.2, 0) is 9.59 Å². The number of hydrogen-bond acceptors (Lipinski definition) is 2. The molecule has 4 heteroatoms. The van der Waals surface area contributed by atoms with Crippen molar-refractivity contribution in [2.75, 3.05) is 6.54 Å². The highest BCUT2D eigenvalue weighted by atomic mass is 16.2. The number of carbonyl (C=O) groups is 2. The molecule has 108 valence electrons. The molecule has 1 aliphatic carbocycles. The van der Waals surface area contributed by atoms with E-state index < -0.39 is 5.41 Å². The first-order chi connectivity index (χ1) is 8.98. The van der Waals surface area contributed by atoms with Crippen molar-refractivity contribution >= 4 is 11.8 Å². The Morgan fingerprint density at radius 1 is 1.16 bits per heavy atom. The summed E-state index contributed by atoms with van der Waals surface area (Å²) in [5.41, 5.74) is -1.03. The standard InChI is InChI=1S/C15H26N2O2/c1-4-11-16-13(18)15(2,3)14(19)17-12-9-7-5-6-8-10-12/h4,12H,1,5-11H2,2-3H3,(H,16,18)(H,17,19). The zero-order valence-electron chi connectivity index (χ0n) is 12.1. The Labute approximate surface area is 116 Å². The molecule has 2 amide bonds. The Morgan fingerprint density at radius 2 is 1.74 bits per heavy atom. The molecule has 0 heterocycles. The van der Waals surface area contributed by atoms with Crippen LogP contribution < -0.4 is 10.6 Å². The lowest BCUT2D eigenvalue weighted by Crippen LogP contribution is -2.50. The normalized spacial score (nSPS) is 17.4. The van der Waals surface area contributed by atoms with Crippen LogP contribution in [0, 0.1) is 5.41 Å². The van der Waals surface area contributed by atoms with Crippen molar-refractivity contribution in [2.24, 2.45) is 5.41 Å². The van der Waals surface area contributed by atoms with Gasteiger partial charge in [-0.1, -0.05) is 31.8 Å². The first kappa shape index (κ1) is 15.7. The predicted molar refractivity (Wildman–Crippen MR) is 76.6 cm³/mol. The summed E-state index contributed by atoms with van der Waals surface area (Å²) >= 11 is 0. The molecule has 0 unspecified atom stereocenters. The molecule has 2 N–H and O–H groups in total. The van der Waals surface area contributed by atoms with Crippen LogP contribution in [0.3, 0.4) is 0 Å². The molecular formula is C15H26N2O2. The average Bonchev–Trinajstić information content (AvgIpc) is 2.64. The van der Waals surface area contributed by atoms with E-state index in [0.717, 1.165) is 25.7 Å². The summed E-state index contributed by atoms with van der Waals surface area (Å²) in [5.74, 6) is -0.431. The van der Waals surface area contributed by atoms with E-state index in [4.69, 9.17) is 0 Å². The number of amides is 2. The second-order valence-electron chi connectivity index (χ2n) is 5.79. The molecule has 0 atom stereocenters. The second kappa shape index (κ2) is 7.31. The number of nitrogens with one attached hydrogen (secondary N) is 2. The van der Waals surface area contributed by atoms with Gasteiger partial charge in [-0.15, -0.1) is 6.58 Å². The molecule has 0 bridgehead atoms. The van der Waals surface area contributed by atoms with Crippen molar-refractivity contribution in [1.82, 2.24) is 10.6 Å². The zero-order valence-corrected chi connectivity index (χ0v) is 12.1.